The Balaban J connectivity index is 2.18. The van der Waals surface area contributed by atoms with Gasteiger partial charge in [-0.05, 0) is 30.4 Å². The summed E-state index contributed by atoms with van der Waals surface area (Å²) >= 11 is 12.3. The smallest absolute Gasteiger partial charge is 0.0438 e. The lowest BCUT2D eigenvalue weighted by Crippen LogP contribution is -2.07. The van der Waals surface area contributed by atoms with Crippen molar-refractivity contribution in [1.82, 2.24) is 0 Å². The number of unbranched alkanes of at least 4 members (excludes halogenated alkanes) is 6. The maximum absolute atomic E-state index is 6.21. The number of hydrogen-bond acceptors (Lipinski definition) is 0. The van der Waals surface area contributed by atoms with Crippen LogP contribution in [-0.2, 0) is 6.42 Å². The summed E-state index contributed by atoms with van der Waals surface area (Å²) in [5, 5.41) is 0.877. The minimum Gasteiger partial charge on any atom is -0.126 e. The van der Waals surface area contributed by atoms with Crippen molar-refractivity contribution in [2.75, 3.05) is 5.88 Å². The minimum absolute atomic E-state index is 0.562. The molecule has 2 heteroatoms. The van der Waals surface area contributed by atoms with Crippen molar-refractivity contribution in [3.05, 3.63) is 34.9 Å². The molecular formula is C18H28Cl2. The average molecular weight is 315 g/mol. The highest BCUT2D eigenvalue weighted by Crippen LogP contribution is 2.23. The fourth-order valence-corrected chi connectivity index (χ4v) is 3.08. The monoisotopic (exact) mass is 314 g/mol. The van der Waals surface area contributed by atoms with Gasteiger partial charge in [0.2, 0.25) is 0 Å². The molecule has 1 atom stereocenters. The van der Waals surface area contributed by atoms with E-state index in [2.05, 4.69) is 19.1 Å². The highest BCUT2D eigenvalue weighted by atomic mass is 35.5. The van der Waals surface area contributed by atoms with Crippen LogP contribution in [0.15, 0.2) is 24.3 Å². The van der Waals surface area contributed by atoms with E-state index in [-0.39, 0.29) is 0 Å². The first kappa shape index (κ1) is 17.9. The van der Waals surface area contributed by atoms with Gasteiger partial charge in [-0.15, -0.1) is 11.6 Å². The predicted molar refractivity (Wildman–Crippen MR) is 92.0 cm³/mol. The Kier molecular flexibility index (Phi) is 10.2. The van der Waals surface area contributed by atoms with Crippen LogP contribution in [-0.4, -0.2) is 5.88 Å². The van der Waals surface area contributed by atoms with E-state index in [9.17, 15) is 0 Å². The second-order valence-electron chi connectivity index (χ2n) is 5.73. The van der Waals surface area contributed by atoms with Gasteiger partial charge in [0, 0.05) is 10.9 Å². The van der Waals surface area contributed by atoms with Gasteiger partial charge in [-0.1, -0.05) is 81.7 Å². The van der Waals surface area contributed by atoms with Gasteiger partial charge in [-0.3, -0.25) is 0 Å². The van der Waals surface area contributed by atoms with Gasteiger partial charge in [0.25, 0.3) is 0 Å². The van der Waals surface area contributed by atoms with E-state index < -0.39 is 0 Å². The van der Waals surface area contributed by atoms with Gasteiger partial charge in [0.1, 0.15) is 0 Å². The van der Waals surface area contributed by atoms with Crippen molar-refractivity contribution in [2.24, 2.45) is 5.92 Å². The van der Waals surface area contributed by atoms with Crippen molar-refractivity contribution < 1.29 is 0 Å². The third kappa shape index (κ3) is 7.55. The van der Waals surface area contributed by atoms with Crippen LogP contribution in [0.3, 0.4) is 0 Å². The molecule has 0 bridgehead atoms. The summed E-state index contributed by atoms with van der Waals surface area (Å²) in [6, 6.07) is 8.13. The zero-order valence-electron chi connectivity index (χ0n) is 12.7. The molecule has 0 amide bonds. The van der Waals surface area contributed by atoms with Crippen LogP contribution in [0.2, 0.25) is 5.02 Å². The molecule has 0 aliphatic rings. The zero-order chi connectivity index (χ0) is 14.6. The van der Waals surface area contributed by atoms with Gasteiger partial charge < -0.3 is 0 Å². The van der Waals surface area contributed by atoms with Crippen LogP contribution < -0.4 is 0 Å². The third-order valence-electron chi connectivity index (χ3n) is 3.90. The molecule has 114 valence electrons. The summed E-state index contributed by atoms with van der Waals surface area (Å²) < 4.78 is 0. The lowest BCUT2D eigenvalue weighted by molar-refractivity contribution is 0.483. The molecule has 0 fully saturated rings. The molecule has 0 saturated carbocycles. The van der Waals surface area contributed by atoms with E-state index >= 15 is 0 Å². The van der Waals surface area contributed by atoms with Gasteiger partial charge in [-0.2, -0.15) is 0 Å². The molecule has 0 aliphatic carbocycles. The maximum atomic E-state index is 6.21. The van der Waals surface area contributed by atoms with Crippen LogP contribution >= 0.6 is 23.2 Å². The van der Waals surface area contributed by atoms with Crippen LogP contribution in [0.1, 0.15) is 63.9 Å². The Bertz CT molecular complexity index is 349. The molecular weight excluding hydrogens is 287 g/mol. The molecule has 0 radical (unpaired) electrons. The van der Waals surface area contributed by atoms with Gasteiger partial charge in [-0.25, -0.2) is 0 Å². The Morgan fingerprint density at radius 1 is 0.950 bits per heavy atom. The van der Waals surface area contributed by atoms with E-state index in [0.29, 0.717) is 5.92 Å². The van der Waals surface area contributed by atoms with E-state index in [1.165, 1.54) is 56.9 Å². The Morgan fingerprint density at radius 2 is 1.60 bits per heavy atom. The largest absolute Gasteiger partial charge is 0.126 e. The number of benzene rings is 1. The summed E-state index contributed by atoms with van der Waals surface area (Å²) in [4.78, 5) is 0. The number of hydrogen-bond donors (Lipinski definition) is 0. The first-order valence-electron chi connectivity index (χ1n) is 8.07. The maximum Gasteiger partial charge on any atom is 0.0438 e. The highest BCUT2D eigenvalue weighted by Gasteiger charge is 2.10. The van der Waals surface area contributed by atoms with E-state index in [1.54, 1.807) is 0 Å². The fourth-order valence-electron chi connectivity index (χ4n) is 2.60. The fraction of sp³-hybridized carbons (Fsp3) is 0.667. The van der Waals surface area contributed by atoms with Crippen LogP contribution in [0.25, 0.3) is 0 Å². The Hall–Kier alpha value is -0.200. The van der Waals surface area contributed by atoms with E-state index in [1.807, 2.05) is 12.1 Å². The quantitative estimate of drug-likeness (QED) is 0.308. The van der Waals surface area contributed by atoms with Crippen molar-refractivity contribution in [1.29, 1.82) is 0 Å². The normalized spacial score (nSPS) is 12.6. The van der Waals surface area contributed by atoms with E-state index in [0.717, 1.165) is 17.3 Å². The molecule has 1 aromatic rings. The summed E-state index contributed by atoms with van der Waals surface area (Å²) in [5.74, 6) is 1.30. The second kappa shape index (κ2) is 11.5. The molecule has 0 saturated heterocycles. The highest BCUT2D eigenvalue weighted by molar-refractivity contribution is 6.31. The Morgan fingerprint density at radius 3 is 2.25 bits per heavy atom. The standard InChI is InChI=1S/C18H28Cl2/c1-2-3-4-5-6-7-8-11-16(15-19)14-17-12-9-10-13-18(17)20/h9-10,12-13,16H,2-8,11,14-15H2,1H3. The number of alkyl halides is 1. The van der Waals surface area contributed by atoms with Crippen LogP contribution in [0.4, 0.5) is 0 Å². The Labute approximate surface area is 134 Å². The molecule has 0 heterocycles. The summed E-state index contributed by atoms with van der Waals surface area (Å²) in [6.07, 6.45) is 11.8. The molecule has 1 aromatic carbocycles. The minimum atomic E-state index is 0.562. The summed E-state index contributed by atoms with van der Waals surface area (Å²) in [6.45, 7) is 2.26. The molecule has 1 rings (SSSR count). The van der Waals surface area contributed by atoms with Crippen molar-refractivity contribution in [3.8, 4) is 0 Å². The lowest BCUT2D eigenvalue weighted by Gasteiger charge is -2.14. The van der Waals surface area contributed by atoms with Gasteiger partial charge >= 0.3 is 0 Å². The third-order valence-corrected chi connectivity index (χ3v) is 4.71. The van der Waals surface area contributed by atoms with Gasteiger partial charge in [0.15, 0.2) is 0 Å². The zero-order valence-corrected chi connectivity index (χ0v) is 14.2. The second-order valence-corrected chi connectivity index (χ2v) is 6.44. The number of halogens is 2. The van der Waals surface area contributed by atoms with Crippen LogP contribution in [0, 0.1) is 5.92 Å². The number of rotatable bonds is 11. The summed E-state index contributed by atoms with van der Waals surface area (Å²) in [5.41, 5.74) is 1.24. The van der Waals surface area contributed by atoms with Crippen molar-refractivity contribution >= 4 is 23.2 Å². The predicted octanol–water partition coefficient (Wildman–Crippen LogP) is 6.88. The molecule has 1 unspecified atom stereocenters. The molecule has 0 aromatic heterocycles. The molecule has 0 spiro atoms. The van der Waals surface area contributed by atoms with Crippen LogP contribution in [0.5, 0.6) is 0 Å². The van der Waals surface area contributed by atoms with Crippen molar-refractivity contribution in [3.63, 3.8) is 0 Å². The van der Waals surface area contributed by atoms with Crippen molar-refractivity contribution in [2.45, 2.75) is 64.7 Å². The molecule has 0 N–H and O–H groups in total. The first-order chi connectivity index (χ1) is 9.77. The molecule has 20 heavy (non-hydrogen) atoms. The molecule has 0 nitrogen and oxygen atoms in total. The average Bonchev–Trinajstić information content (AvgIpc) is 2.47. The first-order valence-corrected chi connectivity index (χ1v) is 8.98. The SMILES string of the molecule is CCCCCCCCCC(CCl)Cc1ccccc1Cl. The summed E-state index contributed by atoms with van der Waals surface area (Å²) in [7, 11) is 0. The van der Waals surface area contributed by atoms with E-state index in [4.69, 9.17) is 23.2 Å². The van der Waals surface area contributed by atoms with Gasteiger partial charge in [0.05, 0.1) is 0 Å². The topological polar surface area (TPSA) is 0 Å². The lowest BCUT2D eigenvalue weighted by atomic mass is 9.95. The molecule has 0 aliphatic heterocycles.